The predicted molar refractivity (Wildman–Crippen MR) is 166 cm³/mol. The molecule has 3 N–H and O–H groups in total. The lowest BCUT2D eigenvalue weighted by Crippen LogP contribution is -2.45. The van der Waals surface area contributed by atoms with Crippen molar-refractivity contribution in [2.24, 2.45) is 17.8 Å². The molecule has 0 radical (unpaired) electrons. The molecule has 2 fully saturated rings. The van der Waals surface area contributed by atoms with Crippen LogP contribution in [-0.4, -0.2) is 49.9 Å². The summed E-state index contributed by atoms with van der Waals surface area (Å²) in [4.78, 5) is 29.2. The summed E-state index contributed by atoms with van der Waals surface area (Å²) in [5, 5.41) is 24.9. The van der Waals surface area contributed by atoms with Crippen molar-refractivity contribution in [3.05, 3.63) is 86.9 Å². The second kappa shape index (κ2) is 11.7. The third-order valence-electron chi connectivity index (χ3n) is 8.36. The van der Waals surface area contributed by atoms with Gasteiger partial charge in [0.05, 0.1) is 40.9 Å². The lowest BCUT2D eigenvalue weighted by atomic mass is 9.55. The van der Waals surface area contributed by atoms with Crippen LogP contribution in [0.3, 0.4) is 0 Å². The van der Waals surface area contributed by atoms with E-state index < -0.39 is 31.0 Å². The topological polar surface area (TPSA) is 118 Å². The van der Waals surface area contributed by atoms with Crippen molar-refractivity contribution in [3.63, 3.8) is 0 Å². The lowest BCUT2D eigenvalue weighted by molar-refractivity contribution is -0.123. The van der Waals surface area contributed by atoms with E-state index in [0.29, 0.717) is 38.9 Å². The maximum atomic E-state index is 14.1. The minimum atomic E-state index is -1.27. The first-order chi connectivity index (χ1) is 20.3. The third-order valence-corrected chi connectivity index (χ3v) is 9.18. The van der Waals surface area contributed by atoms with Crippen LogP contribution >= 0.6 is 22.6 Å². The molecule has 2 amide bonds. The average Bonchev–Trinajstić information content (AvgIpc) is 3.24. The fraction of sp³-hybridized carbons (Fsp3) is 0.290. The Hall–Kier alpha value is -3.39. The maximum Gasteiger partial charge on any atom is 0.487 e. The van der Waals surface area contributed by atoms with Crippen LogP contribution in [0.15, 0.2) is 77.8 Å². The van der Waals surface area contributed by atoms with E-state index in [4.69, 9.17) is 14.1 Å². The van der Waals surface area contributed by atoms with Crippen molar-refractivity contribution in [1.82, 2.24) is 0 Å². The SMILES string of the molecule is COCC1=C2B(O)O[C@H](c3cc(I)c(O)c(OC)c3)C[C@H]2[C@H]2C(=O)N(c3ccc(Nc4ccccc4)cc3)C(=O)[C@H]2C1. The van der Waals surface area contributed by atoms with Gasteiger partial charge in [0, 0.05) is 18.5 Å². The number of halogens is 1. The monoisotopic (exact) mass is 680 g/mol. The van der Waals surface area contributed by atoms with Crippen LogP contribution in [0.2, 0.25) is 0 Å². The van der Waals surface area contributed by atoms with Crippen LogP contribution in [0.4, 0.5) is 17.1 Å². The van der Waals surface area contributed by atoms with Gasteiger partial charge in [-0.05, 0) is 106 Å². The van der Waals surface area contributed by atoms with Gasteiger partial charge in [-0.1, -0.05) is 18.2 Å². The van der Waals surface area contributed by atoms with Gasteiger partial charge in [0.15, 0.2) is 11.5 Å². The Kier molecular flexibility index (Phi) is 8.01. The zero-order chi connectivity index (χ0) is 29.5. The Morgan fingerprint density at radius 2 is 1.74 bits per heavy atom. The molecule has 6 rings (SSSR count). The smallest absolute Gasteiger partial charge is 0.487 e. The highest BCUT2D eigenvalue weighted by atomic mass is 127. The lowest BCUT2D eigenvalue weighted by Gasteiger charge is -2.42. The molecule has 0 unspecified atom stereocenters. The number of imide groups is 1. The number of methoxy groups -OCH3 is 2. The number of nitrogens with zero attached hydrogens (tertiary/aromatic N) is 1. The summed E-state index contributed by atoms with van der Waals surface area (Å²) in [6.45, 7) is 0.229. The van der Waals surface area contributed by atoms with Gasteiger partial charge in [-0.25, -0.2) is 0 Å². The zero-order valence-corrected chi connectivity index (χ0v) is 25.3. The Morgan fingerprint density at radius 3 is 2.43 bits per heavy atom. The first kappa shape index (κ1) is 28.7. The molecule has 0 aromatic heterocycles. The number of hydrogen-bond acceptors (Lipinski definition) is 8. The van der Waals surface area contributed by atoms with Gasteiger partial charge < -0.3 is 29.6 Å². The maximum absolute atomic E-state index is 14.1. The first-order valence-electron chi connectivity index (χ1n) is 13.7. The number of hydrogen-bond donors (Lipinski definition) is 3. The molecule has 3 aromatic carbocycles. The minimum Gasteiger partial charge on any atom is -0.504 e. The summed E-state index contributed by atoms with van der Waals surface area (Å²) in [6.07, 6.45) is 0.103. The van der Waals surface area contributed by atoms with E-state index in [1.165, 1.54) is 12.0 Å². The molecule has 3 aliphatic rings. The summed E-state index contributed by atoms with van der Waals surface area (Å²) in [7, 11) is 1.77. The van der Waals surface area contributed by atoms with E-state index in [1.54, 1.807) is 31.4 Å². The number of phenols is 1. The summed E-state index contributed by atoms with van der Waals surface area (Å²) >= 11 is 2.02. The molecule has 0 bridgehead atoms. The molecule has 2 heterocycles. The van der Waals surface area contributed by atoms with Crippen LogP contribution in [0.5, 0.6) is 11.5 Å². The molecule has 2 aliphatic heterocycles. The number of fused-ring (bicyclic) bond motifs is 3. The second-order valence-corrected chi connectivity index (χ2v) is 11.9. The highest BCUT2D eigenvalue weighted by molar-refractivity contribution is 14.1. The number of amides is 2. The van der Waals surface area contributed by atoms with Gasteiger partial charge in [0.2, 0.25) is 11.8 Å². The normalized spacial score (nSPS) is 23.6. The van der Waals surface area contributed by atoms with E-state index in [9.17, 15) is 19.7 Å². The van der Waals surface area contributed by atoms with Gasteiger partial charge in [0.25, 0.3) is 0 Å². The number of aromatic hydroxyl groups is 1. The van der Waals surface area contributed by atoms with E-state index in [2.05, 4.69) is 5.32 Å². The van der Waals surface area contributed by atoms with Crippen molar-refractivity contribution in [1.29, 1.82) is 0 Å². The van der Waals surface area contributed by atoms with Crippen LogP contribution in [0.1, 0.15) is 24.5 Å². The number of allylic oxidation sites excluding steroid dienone is 1. The van der Waals surface area contributed by atoms with Crippen molar-refractivity contribution < 1.29 is 33.8 Å². The third kappa shape index (κ3) is 5.08. The van der Waals surface area contributed by atoms with E-state index in [1.807, 2.05) is 65.1 Å². The number of carbonyl (C=O) groups excluding carboxylic acids is 2. The predicted octanol–water partition coefficient (Wildman–Crippen LogP) is 5.00. The number of benzene rings is 3. The summed E-state index contributed by atoms with van der Waals surface area (Å²) in [5.41, 5.74) is 4.40. The highest BCUT2D eigenvalue weighted by Crippen LogP contribution is 2.52. The van der Waals surface area contributed by atoms with Crippen molar-refractivity contribution in [3.8, 4) is 11.5 Å². The van der Waals surface area contributed by atoms with E-state index in [-0.39, 0.29) is 24.2 Å². The van der Waals surface area contributed by atoms with Crippen LogP contribution in [0.25, 0.3) is 0 Å². The first-order valence-corrected chi connectivity index (χ1v) is 14.8. The summed E-state index contributed by atoms with van der Waals surface area (Å²) < 4.78 is 17.4. The fourth-order valence-corrected chi connectivity index (χ4v) is 7.13. The minimum absolute atomic E-state index is 0.0242. The molecule has 4 atom stereocenters. The van der Waals surface area contributed by atoms with Gasteiger partial charge >= 0.3 is 7.12 Å². The van der Waals surface area contributed by atoms with Gasteiger partial charge in [0.1, 0.15) is 0 Å². The number of rotatable bonds is 7. The van der Waals surface area contributed by atoms with Crippen molar-refractivity contribution in [2.45, 2.75) is 18.9 Å². The van der Waals surface area contributed by atoms with E-state index >= 15 is 0 Å². The standard InChI is InChI=1S/C31H30BIN2O7/c1-40-16-18-12-23-27(22-15-25(42-32(39)28(18)22)17-13-24(33)29(36)26(14-17)41-2)31(38)35(30(23)37)21-10-8-20(9-11-21)34-19-6-4-3-5-7-19/h3-11,13-14,22-23,25,27,34,36,39H,12,15-16H2,1-2H3/t22-,23-,25-,27+/m0/s1. The zero-order valence-electron chi connectivity index (χ0n) is 23.1. The number of nitrogens with one attached hydrogen (secondary N) is 1. The van der Waals surface area contributed by atoms with Crippen LogP contribution in [-0.2, 0) is 19.0 Å². The Morgan fingerprint density at radius 1 is 1.02 bits per heavy atom. The second-order valence-electron chi connectivity index (χ2n) is 10.8. The number of ether oxygens (including phenoxy) is 2. The molecular weight excluding hydrogens is 650 g/mol. The number of phenolic OH excluding ortho intramolecular Hbond substituents is 1. The quantitative estimate of drug-likeness (QED) is 0.182. The van der Waals surface area contributed by atoms with E-state index in [0.717, 1.165) is 16.9 Å². The highest BCUT2D eigenvalue weighted by Gasteiger charge is 2.58. The Labute approximate surface area is 257 Å². The molecule has 0 spiro atoms. The molecule has 1 aliphatic carbocycles. The van der Waals surface area contributed by atoms with Crippen molar-refractivity contribution >= 4 is 58.6 Å². The Balaban J connectivity index is 1.31. The molecule has 11 heteroatoms. The van der Waals surface area contributed by atoms with Crippen molar-refractivity contribution in [2.75, 3.05) is 31.0 Å². The van der Waals surface area contributed by atoms with Crippen LogP contribution in [0, 0.1) is 21.3 Å². The number of anilines is 3. The molecule has 2 saturated heterocycles. The number of carbonyl (C=O) groups is 2. The fourth-order valence-electron chi connectivity index (χ4n) is 6.50. The van der Waals surface area contributed by atoms with Gasteiger partial charge in [-0.3, -0.25) is 14.5 Å². The molecule has 9 nitrogen and oxygen atoms in total. The summed E-state index contributed by atoms with van der Waals surface area (Å²) in [6, 6.07) is 20.4. The molecule has 3 aromatic rings. The number of para-hydroxylation sites is 1. The molecule has 216 valence electrons. The molecule has 0 saturated carbocycles. The Bertz CT molecular complexity index is 1550. The average molecular weight is 680 g/mol. The van der Waals surface area contributed by atoms with Crippen LogP contribution < -0.4 is 15.0 Å². The van der Waals surface area contributed by atoms with Gasteiger partial charge in [-0.15, -0.1) is 0 Å². The summed E-state index contributed by atoms with van der Waals surface area (Å²) in [5.74, 6) is -1.86. The van der Waals surface area contributed by atoms with Gasteiger partial charge in [-0.2, -0.15) is 0 Å². The molecular formula is C31H30BIN2O7. The largest absolute Gasteiger partial charge is 0.504 e. The molecule has 42 heavy (non-hydrogen) atoms.